The number of nitrogens with zero attached hydrogens (tertiary/aromatic N) is 5. The minimum atomic E-state index is -0.139. The largest absolute Gasteiger partial charge is 0.369 e. The Balaban J connectivity index is 0.00000324. The number of aryl methyl sites for hydroxylation is 1. The molecule has 4 aromatic rings. The number of nitrogens with one attached hydrogen (secondary N) is 2. The molecule has 172 valence electrons. The molecule has 0 fully saturated rings. The zero-order valence-electron chi connectivity index (χ0n) is 19.1. The quantitative estimate of drug-likeness (QED) is 0.437. The average Bonchev–Trinajstić information content (AvgIpc) is 2.86. The molecule has 0 saturated carbocycles. The van der Waals surface area contributed by atoms with E-state index in [-0.39, 0.29) is 25.3 Å². The van der Waals surface area contributed by atoms with Crippen LogP contribution in [0.25, 0.3) is 22.0 Å². The van der Waals surface area contributed by atoms with Crippen molar-refractivity contribution in [2.45, 2.75) is 19.8 Å². The minimum Gasteiger partial charge on any atom is -0.369 e. The molecule has 4 rings (SSSR count). The van der Waals surface area contributed by atoms with Gasteiger partial charge in [-0.3, -0.25) is 9.78 Å². The summed E-state index contributed by atoms with van der Waals surface area (Å²) in [5.41, 5.74) is 4.38. The van der Waals surface area contributed by atoms with Crippen LogP contribution in [0, 0.1) is 18.3 Å². The number of anilines is 1. The summed E-state index contributed by atoms with van der Waals surface area (Å²) >= 11 is 0. The highest BCUT2D eigenvalue weighted by atomic mass is 32.1. The van der Waals surface area contributed by atoms with Gasteiger partial charge in [0.05, 0.1) is 16.6 Å². The van der Waals surface area contributed by atoms with Crippen molar-refractivity contribution < 1.29 is 4.79 Å². The highest BCUT2D eigenvalue weighted by Gasteiger charge is 2.16. The third kappa shape index (κ3) is 4.97. The lowest BCUT2D eigenvalue weighted by Gasteiger charge is -2.17. The summed E-state index contributed by atoms with van der Waals surface area (Å²) in [6, 6.07) is 11.6. The van der Waals surface area contributed by atoms with Crippen LogP contribution >= 0.6 is 13.5 Å². The van der Waals surface area contributed by atoms with Gasteiger partial charge in [-0.1, -0.05) is 25.1 Å². The number of benzene rings is 1. The summed E-state index contributed by atoms with van der Waals surface area (Å²) in [4.78, 5) is 29.6. The second kappa shape index (κ2) is 10.7. The lowest BCUT2D eigenvalue weighted by atomic mass is 9.96. The average molecular weight is 472 g/mol. The topological polar surface area (TPSA) is 116 Å². The van der Waals surface area contributed by atoms with Crippen LogP contribution in [-0.2, 0) is 0 Å². The number of nitriles is 1. The van der Waals surface area contributed by atoms with E-state index in [1.807, 2.05) is 31.2 Å². The molecule has 0 bridgehead atoms. The highest BCUT2D eigenvalue weighted by molar-refractivity contribution is 7.59. The monoisotopic (exact) mass is 471 g/mol. The standard InChI is InChI=1S/C25H23N7O.H2S/c1-15(19-5-4-6-20-21(25(33)27-3)7-8-28-24(19)20)11-31-23-9-22(17(10-26)12-32-23)18-13-29-16(2)30-14-18;/h4-9,12-15H,11H2,1-3H3,(H,27,33)(H,31,32);1H2/t15-;/m1./s1. The normalized spacial score (nSPS) is 11.2. The Bertz CT molecular complexity index is 1370. The first kappa shape index (κ1) is 24.6. The number of fused-ring (bicyclic) bond motifs is 1. The van der Waals surface area contributed by atoms with Gasteiger partial charge in [0.2, 0.25) is 0 Å². The molecule has 8 nitrogen and oxygen atoms in total. The van der Waals surface area contributed by atoms with E-state index in [0.717, 1.165) is 27.6 Å². The SMILES string of the molecule is CNC(=O)c1ccnc2c([C@H](C)CNc3cc(-c4cnc(C)nc4)c(C#N)cn3)cccc12.S. The second-order valence-electron chi connectivity index (χ2n) is 7.71. The third-order valence-electron chi connectivity index (χ3n) is 5.51. The van der Waals surface area contributed by atoms with E-state index in [4.69, 9.17) is 0 Å². The molecule has 0 aliphatic rings. The van der Waals surface area contributed by atoms with Crippen LogP contribution in [0.15, 0.2) is 55.1 Å². The van der Waals surface area contributed by atoms with Crippen molar-refractivity contribution in [3.63, 3.8) is 0 Å². The molecule has 1 atom stereocenters. The number of hydrogen-bond acceptors (Lipinski definition) is 7. The summed E-state index contributed by atoms with van der Waals surface area (Å²) in [5.74, 6) is 1.27. The van der Waals surface area contributed by atoms with Crippen LogP contribution in [0.1, 0.15) is 40.2 Å². The number of hydrogen-bond donors (Lipinski definition) is 2. The van der Waals surface area contributed by atoms with Gasteiger partial charge in [0.25, 0.3) is 5.91 Å². The summed E-state index contributed by atoms with van der Waals surface area (Å²) < 4.78 is 0. The Morgan fingerprint density at radius 2 is 1.88 bits per heavy atom. The molecule has 3 heterocycles. The molecular formula is C25H25N7OS. The molecule has 0 unspecified atom stereocenters. The number of rotatable bonds is 6. The van der Waals surface area contributed by atoms with E-state index in [9.17, 15) is 10.1 Å². The molecule has 34 heavy (non-hydrogen) atoms. The minimum absolute atomic E-state index is 0. The summed E-state index contributed by atoms with van der Waals surface area (Å²) in [6.45, 7) is 4.50. The van der Waals surface area contributed by atoms with Crippen molar-refractivity contribution in [1.29, 1.82) is 5.26 Å². The van der Waals surface area contributed by atoms with E-state index < -0.39 is 0 Å². The third-order valence-corrected chi connectivity index (χ3v) is 5.51. The molecule has 0 aliphatic heterocycles. The van der Waals surface area contributed by atoms with Crippen molar-refractivity contribution in [3.8, 4) is 17.2 Å². The molecule has 0 aliphatic carbocycles. The van der Waals surface area contributed by atoms with Crippen molar-refractivity contribution in [1.82, 2.24) is 25.3 Å². The van der Waals surface area contributed by atoms with Gasteiger partial charge in [-0.2, -0.15) is 18.8 Å². The predicted molar refractivity (Wildman–Crippen MR) is 137 cm³/mol. The van der Waals surface area contributed by atoms with Crippen molar-refractivity contribution in [3.05, 3.63) is 77.6 Å². The number of pyridine rings is 2. The Labute approximate surface area is 205 Å². The van der Waals surface area contributed by atoms with Gasteiger partial charge in [-0.15, -0.1) is 0 Å². The van der Waals surface area contributed by atoms with E-state index in [2.05, 4.69) is 43.6 Å². The van der Waals surface area contributed by atoms with Gasteiger partial charge in [-0.25, -0.2) is 15.0 Å². The van der Waals surface area contributed by atoms with Gasteiger partial charge >= 0.3 is 0 Å². The number of para-hydroxylation sites is 1. The number of aromatic nitrogens is 4. The van der Waals surface area contributed by atoms with Gasteiger partial charge < -0.3 is 10.6 Å². The van der Waals surface area contributed by atoms with Crippen molar-refractivity contribution in [2.75, 3.05) is 18.9 Å². The fourth-order valence-electron chi connectivity index (χ4n) is 3.71. The molecule has 9 heteroatoms. The fourth-order valence-corrected chi connectivity index (χ4v) is 3.71. The summed E-state index contributed by atoms with van der Waals surface area (Å²) in [5, 5.41) is 16.3. The number of amides is 1. The van der Waals surface area contributed by atoms with E-state index in [1.54, 1.807) is 37.9 Å². The Morgan fingerprint density at radius 1 is 1.12 bits per heavy atom. The lowest BCUT2D eigenvalue weighted by molar-refractivity contribution is 0.0964. The maximum absolute atomic E-state index is 12.2. The molecule has 1 aromatic carbocycles. The van der Waals surface area contributed by atoms with Crippen LogP contribution < -0.4 is 10.6 Å². The van der Waals surface area contributed by atoms with E-state index in [1.165, 1.54) is 0 Å². The Kier molecular flexibility index (Phi) is 7.76. The summed E-state index contributed by atoms with van der Waals surface area (Å²) in [6.07, 6.45) is 6.62. The highest BCUT2D eigenvalue weighted by Crippen LogP contribution is 2.28. The first-order chi connectivity index (χ1) is 16.0. The van der Waals surface area contributed by atoms with Crippen LogP contribution in [0.2, 0.25) is 0 Å². The van der Waals surface area contributed by atoms with Gasteiger partial charge in [0.1, 0.15) is 17.7 Å². The smallest absolute Gasteiger partial charge is 0.251 e. The van der Waals surface area contributed by atoms with E-state index >= 15 is 0 Å². The zero-order chi connectivity index (χ0) is 23.4. The molecule has 1 amide bonds. The number of carbonyl (C=O) groups is 1. The van der Waals surface area contributed by atoms with Crippen molar-refractivity contribution >= 4 is 36.1 Å². The van der Waals surface area contributed by atoms with Gasteiger partial charge in [0.15, 0.2) is 0 Å². The van der Waals surface area contributed by atoms with Crippen LogP contribution in [-0.4, -0.2) is 39.4 Å². The molecular weight excluding hydrogens is 446 g/mol. The Morgan fingerprint density at radius 3 is 2.59 bits per heavy atom. The molecule has 0 saturated heterocycles. The summed E-state index contributed by atoms with van der Waals surface area (Å²) in [7, 11) is 1.62. The fraction of sp³-hybridized carbons (Fsp3) is 0.200. The Hall–Kier alpha value is -4.03. The molecule has 3 aromatic heterocycles. The van der Waals surface area contributed by atoms with E-state index in [0.29, 0.717) is 29.3 Å². The van der Waals surface area contributed by atoms with Gasteiger partial charge in [-0.05, 0) is 24.6 Å². The van der Waals surface area contributed by atoms with Gasteiger partial charge in [0, 0.05) is 60.8 Å². The zero-order valence-corrected chi connectivity index (χ0v) is 20.1. The first-order valence-corrected chi connectivity index (χ1v) is 10.5. The maximum atomic E-state index is 12.2. The maximum Gasteiger partial charge on any atom is 0.251 e. The molecule has 2 N–H and O–H groups in total. The van der Waals surface area contributed by atoms with Crippen molar-refractivity contribution in [2.24, 2.45) is 0 Å². The first-order valence-electron chi connectivity index (χ1n) is 10.5. The van der Waals surface area contributed by atoms with Crippen LogP contribution in [0.3, 0.4) is 0 Å². The predicted octanol–water partition coefficient (Wildman–Crippen LogP) is 3.95. The molecule has 0 spiro atoms. The van der Waals surface area contributed by atoms with Crippen LogP contribution in [0.5, 0.6) is 0 Å². The second-order valence-corrected chi connectivity index (χ2v) is 7.71. The lowest BCUT2D eigenvalue weighted by Crippen LogP contribution is -2.18. The molecule has 0 radical (unpaired) electrons. The number of carbonyl (C=O) groups excluding carboxylic acids is 1. The van der Waals surface area contributed by atoms with Crippen LogP contribution in [0.4, 0.5) is 5.82 Å².